The van der Waals surface area contributed by atoms with Crippen LogP contribution in [0.5, 0.6) is 0 Å². The van der Waals surface area contributed by atoms with Crippen molar-refractivity contribution in [1.29, 1.82) is 0 Å². The Morgan fingerprint density at radius 1 is 1.38 bits per heavy atom. The quantitative estimate of drug-likeness (QED) is 0.926. The van der Waals surface area contributed by atoms with Gasteiger partial charge in [-0.25, -0.2) is 4.39 Å². The minimum Gasteiger partial charge on any atom is -0.352 e. The molecule has 0 bridgehead atoms. The van der Waals surface area contributed by atoms with Gasteiger partial charge in [0.05, 0.1) is 0 Å². The smallest absolute Gasteiger partial charge is 0.243 e. The summed E-state index contributed by atoms with van der Waals surface area (Å²) in [6.07, 6.45) is 4.39. The molecule has 110 valence electrons. The van der Waals surface area contributed by atoms with Crippen molar-refractivity contribution in [2.75, 3.05) is 0 Å². The van der Waals surface area contributed by atoms with Gasteiger partial charge in [-0.05, 0) is 30.2 Å². The van der Waals surface area contributed by atoms with Crippen LogP contribution in [0.25, 0.3) is 11.4 Å². The fourth-order valence-electron chi connectivity index (χ4n) is 2.53. The van der Waals surface area contributed by atoms with E-state index < -0.39 is 0 Å². The van der Waals surface area contributed by atoms with E-state index in [2.05, 4.69) is 20.7 Å². The number of nitrogens with one attached hydrogen (secondary N) is 1. The van der Waals surface area contributed by atoms with Crippen molar-refractivity contribution >= 4 is 5.91 Å². The number of tetrazole rings is 1. The van der Waals surface area contributed by atoms with Crippen molar-refractivity contribution in [3.05, 3.63) is 30.1 Å². The molecule has 3 rings (SSSR count). The van der Waals surface area contributed by atoms with E-state index in [1.165, 1.54) is 16.9 Å². The van der Waals surface area contributed by atoms with Crippen LogP contribution in [-0.2, 0) is 11.3 Å². The van der Waals surface area contributed by atoms with Crippen LogP contribution in [0, 0.1) is 5.82 Å². The summed E-state index contributed by atoms with van der Waals surface area (Å²) >= 11 is 0. The highest BCUT2D eigenvalue weighted by Gasteiger charge is 2.18. The Balaban J connectivity index is 1.63. The lowest BCUT2D eigenvalue weighted by Gasteiger charge is -2.10. The number of hydrogen-bond acceptors (Lipinski definition) is 4. The Hall–Kier alpha value is -2.31. The largest absolute Gasteiger partial charge is 0.352 e. The molecular formula is C14H16FN5O. The lowest BCUT2D eigenvalue weighted by atomic mass is 10.2. The minimum atomic E-state index is -0.358. The van der Waals surface area contributed by atoms with E-state index >= 15 is 0 Å². The molecule has 0 unspecified atom stereocenters. The van der Waals surface area contributed by atoms with E-state index in [1.807, 2.05) is 0 Å². The average Bonchev–Trinajstić information content (AvgIpc) is 3.10. The van der Waals surface area contributed by atoms with Crippen LogP contribution < -0.4 is 5.32 Å². The van der Waals surface area contributed by atoms with Gasteiger partial charge in [-0.1, -0.05) is 25.0 Å². The molecule has 1 aliphatic rings. The molecule has 1 fully saturated rings. The normalized spacial score (nSPS) is 15.3. The number of amides is 1. The lowest BCUT2D eigenvalue weighted by Crippen LogP contribution is -2.35. The monoisotopic (exact) mass is 289 g/mol. The van der Waals surface area contributed by atoms with Crippen LogP contribution in [0.1, 0.15) is 25.7 Å². The highest BCUT2D eigenvalue weighted by molar-refractivity contribution is 5.75. The summed E-state index contributed by atoms with van der Waals surface area (Å²) in [5.41, 5.74) is 0.539. The summed E-state index contributed by atoms with van der Waals surface area (Å²) in [7, 11) is 0. The second kappa shape index (κ2) is 5.99. The molecule has 1 aromatic heterocycles. The Bertz CT molecular complexity index is 636. The fourth-order valence-corrected chi connectivity index (χ4v) is 2.53. The first-order valence-corrected chi connectivity index (χ1v) is 7.04. The molecule has 0 spiro atoms. The van der Waals surface area contributed by atoms with E-state index in [-0.39, 0.29) is 24.3 Å². The van der Waals surface area contributed by atoms with Crippen LogP contribution in [0.4, 0.5) is 4.39 Å². The third kappa shape index (κ3) is 3.42. The first-order valence-electron chi connectivity index (χ1n) is 7.04. The van der Waals surface area contributed by atoms with Crippen LogP contribution in [0.15, 0.2) is 24.3 Å². The van der Waals surface area contributed by atoms with Crippen LogP contribution in [-0.4, -0.2) is 32.2 Å². The first kappa shape index (κ1) is 13.7. The molecule has 6 nitrogen and oxygen atoms in total. The van der Waals surface area contributed by atoms with Gasteiger partial charge in [-0.15, -0.1) is 10.2 Å². The molecule has 1 aliphatic carbocycles. The zero-order chi connectivity index (χ0) is 14.7. The molecule has 2 aromatic rings. The molecule has 1 amide bonds. The SMILES string of the molecule is O=C(Cn1nnc(-c2cccc(F)c2)n1)NC1CCCC1. The van der Waals surface area contributed by atoms with Crippen molar-refractivity contribution in [2.24, 2.45) is 0 Å². The van der Waals surface area contributed by atoms with Crippen molar-refractivity contribution in [3.63, 3.8) is 0 Å². The summed E-state index contributed by atoms with van der Waals surface area (Å²) in [5.74, 6) is -0.170. The Morgan fingerprint density at radius 3 is 2.95 bits per heavy atom. The third-order valence-corrected chi connectivity index (χ3v) is 3.54. The fraction of sp³-hybridized carbons (Fsp3) is 0.429. The molecular weight excluding hydrogens is 273 g/mol. The predicted octanol–water partition coefficient (Wildman–Crippen LogP) is 1.54. The highest BCUT2D eigenvalue weighted by Crippen LogP contribution is 2.17. The third-order valence-electron chi connectivity index (χ3n) is 3.54. The van der Waals surface area contributed by atoms with E-state index in [9.17, 15) is 9.18 Å². The van der Waals surface area contributed by atoms with Crippen molar-refractivity contribution in [1.82, 2.24) is 25.5 Å². The van der Waals surface area contributed by atoms with Crippen molar-refractivity contribution < 1.29 is 9.18 Å². The van der Waals surface area contributed by atoms with Gasteiger partial charge in [0.1, 0.15) is 12.4 Å². The second-order valence-corrected chi connectivity index (χ2v) is 5.20. The van der Waals surface area contributed by atoms with Gasteiger partial charge in [0.25, 0.3) is 0 Å². The van der Waals surface area contributed by atoms with Crippen molar-refractivity contribution in [2.45, 2.75) is 38.3 Å². The lowest BCUT2D eigenvalue weighted by molar-refractivity contribution is -0.122. The number of carbonyl (C=O) groups is 1. The number of carbonyl (C=O) groups excluding carboxylic acids is 1. The highest BCUT2D eigenvalue weighted by atomic mass is 19.1. The van der Waals surface area contributed by atoms with E-state index in [0.717, 1.165) is 25.7 Å². The average molecular weight is 289 g/mol. The maximum atomic E-state index is 13.2. The molecule has 1 saturated carbocycles. The number of nitrogens with zero attached hydrogens (tertiary/aromatic N) is 4. The summed E-state index contributed by atoms with van der Waals surface area (Å²) in [6, 6.07) is 6.23. The van der Waals surface area contributed by atoms with Gasteiger partial charge in [0, 0.05) is 11.6 Å². The molecule has 1 aromatic carbocycles. The molecule has 1 heterocycles. The van der Waals surface area contributed by atoms with Gasteiger partial charge < -0.3 is 5.32 Å². The second-order valence-electron chi connectivity index (χ2n) is 5.20. The number of aromatic nitrogens is 4. The Kier molecular flexibility index (Phi) is 3.89. The molecule has 1 N–H and O–H groups in total. The minimum absolute atomic E-state index is 0.0266. The molecule has 0 aliphatic heterocycles. The zero-order valence-corrected chi connectivity index (χ0v) is 11.5. The Morgan fingerprint density at radius 2 is 2.19 bits per heavy atom. The van der Waals surface area contributed by atoms with Crippen LogP contribution in [0.3, 0.4) is 0 Å². The summed E-state index contributed by atoms with van der Waals surface area (Å²) in [4.78, 5) is 13.1. The van der Waals surface area contributed by atoms with Gasteiger partial charge in [0.2, 0.25) is 11.7 Å². The van der Waals surface area contributed by atoms with Crippen LogP contribution in [0.2, 0.25) is 0 Å². The number of benzene rings is 1. The zero-order valence-electron chi connectivity index (χ0n) is 11.5. The van der Waals surface area contributed by atoms with Gasteiger partial charge in [0.15, 0.2) is 0 Å². The number of rotatable bonds is 4. The summed E-state index contributed by atoms with van der Waals surface area (Å²) < 4.78 is 13.2. The molecule has 0 saturated heterocycles. The standard InChI is InChI=1S/C14H16FN5O/c15-11-5-3-4-10(8-11)14-17-19-20(18-14)9-13(21)16-12-6-1-2-7-12/h3-5,8,12H,1-2,6-7,9H2,(H,16,21). The van der Waals surface area contributed by atoms with Gasteiger partial charge in [-0.2, -0.15) is 4.80 Å². The van der Waals surface area contributed by atoms with Crippen molar-refractivity contribution in [3.8, 4) is 11.4 Å². The predicted molar refractivity (Wildman–Crippen MR) is 73.6 cm³/mol. The van der Waals surface area contributed by atoms with E-state index in [0.29, 0.717) is 11.4 Å². The summed E-state index contributed by atoms with van der Waals surface area (Å²) in [5, 5.41) is 14.7. The number of halogens is 1. The number of hydrogen-bond donors (Lipinski definition) is 1. The molecule has 0 radical (unpaired) electrons. The molecule has 21 heavy (non-hydrogen) atoms. The van der Waals surface area contributed by atoms with Crippen LogP contribution >= 0.6 is 0 Å². The Labute approximate surface area is 121 Å². The molecule has 7 heteroatoms. The van der Waals surface area contributed by atoms with Gasteiger partial charge >= 0.3 is 0 Å². The maximum Gasteiger partial charge on any atom is 0.243 e. The summed E-state index contributed by atoms with van der Waals surface area (Å²) in [6.45, 7) is 0.0266. The maximum absolute atomic E-state index is 13.2. The first-order chi connectivity index (χ1) is 10.2. The van der Waals surface area contributed by atoms with E-state index in [4.69, 9.17) is 0 Å². The molecule has 0 atom stereocenters. The van der Waals surface area contributed by atoms with E-state index in [1.54, 1.807) is 12.1 Å². The van der Waals surface area contributed by atoms with Gasteiger partial charge in [-0.3, -0.25) is 4.79 Å². The topological polar surface area (TPSA) is 72.7 Å².